The molecule has 0 aliphatic carbocycles. The lowest BCUT2D eigenvalue weighted by atomic mass is 10.1. The summed E-state index contributed by atoms with van der Waals surface area (Å²) in [5.41, 5.74) is 1.34. The average molecular weight is 434 g/mol. The van der Waals surface area contributed by atoms with Crippen molar-refractivity contribution in [1.29, 1.82) is 0 Å². The molecule has 3 rings (SSSR count). The van der Waals surface area contributed by atoms with Crippen molar-refractivity contribution >= 4 is 46.4 Å². The Kier molecular flexibility index (Phi) is 7.03. The van der Waals surface area contributed by atoms with Crippen LogP contribution in [0, 0.1) is 0 Å². The second kappa shape index (κ2) is 9.69. The minimum Gasteiger partial charge on any atom is -0.497 e. The Morgan fingerprint density at radius 3 is 2.41 bits per heavy atom. The Morgan fingerprint density at radius 1 is 1.10 bits per heavy atom. The Hall–Kier alpha value is -2.68. The molecule has 0 atom stereocenters. The highest BCUT2D eigenvalue weighted by Crippen LogP contribution is 2.24. The van der Waals surface area contributed by atoms with Crippen molar-refractivity contribution in [1.82, 2.24) is 10.2 Å². The predicted octanol–water partition coefficient (Wildman–Crippen LogP) is 2.95. The molecule has 1 heterocycles. The van der Waals surface area contributed by atoms with E-state index in [0.29, 0.717) is 53.9 Å². The summed E-state index contributed by atoms with van der Waals surface area (Å²) < 4.78 is 10.3. The van der Waals surface area contributed by atoms with Gasteiger partial charge in [-0.05, 0) is 54.7 Å². The molecule has 29 heavy (non-hydrogen) atoms. The topological polar surface area (TPSA) is 79.9 Å². The Bertz CT molecular complexity index is 914. The third kappa shape index (κ3) is 5.44. The normalized spacial score (nSPS) is 13.5. The monoisotopic (exact) mass is 433 g/mol. The van der Waals surface area contributed by atoms with Crippen molar-refractivity contribution in [2.45, 2.75) is 0 Å². The van der Waals surface area contributed by atoms with Crippen LogP contribution in [0.4, 0.5) is 5.69 Å². The number of hydrogen-bond acceptors (Lipinski definition) is 5. The molecule has 2 amide bonds. The van der Waals surface area contributed by atoms with Crippen LogP contribution >= 0.6 is 23.8 Å². The molecule has 1 aliphatic rings. The zero-order valence-electron chi connectivity index (χ0n) is 15.7. The predicted molar refractivity (Wildman–Crippen MR) is 115 cm³/mol. The molecule has 1 fully saturated rings. The van der Waals surface area contributed by atoms with Gasteiger partial charge in [0.25, 0.3) is 11.8 Å². The fraction of sp³-hybridized carbons (Fsp3) is 0.250. The molecule has 2 aromatic carbocycles. The van der Waals surface area contributed by atoms with E-state index in [4.69, 9.17) is 33.3 Å². The van der Waals surface area contributed by atoms with Gasteiger partial charge in [0, 0.05) is 24.2 Å². The third-order valence-corrected chi connectivity index (χ3v) is 4.87. The number of nitrogens with zero attached hydrogens (tertiary/aromatic N) is 1. The molecule has 9 heteroatoms. The molecule has 0 aromatic heterocycles. The minimum atomic E-state index is -0.373. The van der Waals surface area contributed by atoms with E-state index in [1.165, 1.54) is 0 Å². The van der Waals surface area contributed by atoms with Gasteiger partial charge in [-0.25, -0.2) is 0 Å². The summed E-state index contributed by atoms with van der Waals surface area (Å²) in [4.78, 5) is 26.7. The van der Waals surface area contributed by atoms with Gasteiger partial charge < -0.3 is 19.7 Å². The van der Waals surface area contributed by atoms with Crippen molar-refractivity contribution in [3.8, 4) is 5.75 Å². The number of carbonyl (C=O) groups is 2. The van der Waals surface area contributed by atoms with Crippen molar-refractivity contribution in [2.75, 3.05) is 38.7 Å². The van der Waals surface area contributed by atoms with Gasteiger partial charge in [0.15, 0.2) is 5.11 Å². The summed E-state index contributed by atoms with van der Waals surface area (Å²) in [5.74, 6) is 0.166. The zero-order valence-corrected chi connectivity index (χ0v) is 17.3. The lowest BCUT2D eigenvalue weighted by molar-refractivity contribution is 0.0303. The molecule has 1 aliphatic heterocycles. The number of halogens is 1. The number of thiocarbonyl (C=S) groups is 1. The Balaban J connectivity index is 1.66. The number of nitrogens with one attached hydrogen (secondary N) is 2. The first-order valence-corrected chi connectivity index (χ1v) is 9.69. The van der Waals surface area contributed by atoms with E-state index < -0.39 is 0 Å². The SMILES string of the molecule is COc1ccc(C(=O)NC(=S)Nc2cc(C(=O)N3CCOCC3)ccc2Cl)cc1. The Labute approximate surface area is 178 Å². The lowest BCUT2D eigenvalue weighted by Gasteiger charge is -2.27. The number of hydrogen-bond donors (Lipinski definition) is 2. The summed E-state index contributed by atoms with van der Waals surface area (Å²) >= 11 is 11.4. The van der Waals surface area contributed by atoms with Crippen molar-refractivity contribution in [3.63, 3.8) is 0 Å². The van der Waals surface area contributed by atoms with Gasteiger partial charge in [0.1, 0.15) is 5.75 Å². The van der Waals surface area contributed by atoms with Crippen LogP contribution < -0.4 is 15.4 Å². The van der Waals surface area contributed by atoms with Crippen LogP contribution in [0.1, 0.15) is 20.7 Å². The van der Waals surface area contributed by atoms with Crippen molar-refractivity contribution in [2.24, 2.45) is 0 Å². The van der Waals surface area contributed by atoms with Gasteiger partial charge in [-0.3, -0.25) is 14.9 Å². The van der Waals surface area contributed by atoms with E-state index in [9.17, 15) is 9.59 Å². The van der Waals surface area contributed by atoms with Gasteiger partial charge in [0.05, 0.1) is 31.0 Å². The number of benzene rings is 2. The first-order chi connectivity index (χ1) is 14.0. The molecule has 2 aromatic rings. The van der Waals surface area contributed by atoms with E-state index in [1.807, 2.05) is 0 Å². The molecule has 1 saturated heterocycles. The fourth-order valence-corrected chi connectivity index (χ4v) is 3.14. The van der Waals surface area contributed by atoms with Crippen molar-refractivity contribution in [3.05, 3.63) is 58.6 Å². The first-order valence-electron chi connectivity index (χ1n) is 8.91. The summed E-state index contributed by atoms with van der Waals surface area (Å²) in [6.45, 7) is 2.12. The van der Waals surface area contributed by atoms with Crippen LogP contribution in [0.25, 0.3) is 0 Å². The van der Waals surface area contributed by atoms with Crippen LogP contribution in [0.2, 0.25) is 5.02 Å². The standard InChI is InChI=1S/C20H20ClN3O4S/c1-27-15-5-2-13(3-6-15)18(25)23-20(29)22-17-12-14(4-7-16(17)21)19(26)24-8-10-28-11-9-24/h2-7,12H,8-11H2,1H3,(H2,22,23,25,29). The van der Waals surface area contributed by atoms with Gasteiger partial charge in [-0.2, -0.15) is 0 Å². The maximum Gasteiger partial charge on any atom is 0.257 e. The molecule has 0 radical (unpaired) electrons. The van der Waals surface area contributed by atoms with E-state index in [0.717, 1.165) is 0 Å². The van der Waals surface area contributed by atoms with E-state index in [-0.39, 0.29) is 16.9 Å². The number of ether oxygens (including phenoxy) is 2. The number of methoxy groups -OCH3 is 1. The van der Waals surface area contributed by atoms with Crippen LogP contribution in [-0.4, -0.2) is 55.2 Å². The molecule has 152 valence electrons. The van der Waals surface area contributed by atoms with E-state index in [2.05, 4.69) is 10.6 Å². The van der Waals surface area contributed by atoms with Gasteiger partial charge >= 0.3 is 0 Å². The number of anilines is 1. The molecule has 0 spiro atoms. The highest BCUT2D eigenvalue weighted by molar-refractivity contribution is 7.80. The molecule has 0 unspecified atom stereocenters. The summed E-state index contributed by atoms with van der Waals surface area (Å²) in [5, 5.41) is 5.92. The fourth-order valence-electron chi connectivity index (χ4n) is 2.77. The lowest BCUT2D eigenvalue weighted by Crippen LogP contribution is -2.40. The number of rotatable bonds is 4. The molecule has 7 nitrogen and oxygen atoms in total. The highest BCUT2D eigenvalue weighted by Gasteiger charge is 2.19. The highest BCUT2D eigenvalue weighted by atomic mass is 35.5. The summed E-state index contributed by atoms with van der Waals surface area (Å²) in [6.07, 6.45) is 0. The largest absolute Gasteiger partial charge is 0.497 e. The van der Waals surface area contributed by atoms with Gasteiger partial charge in [0.2, 0.25) is 0 Å². The first kappa shape index (κ1) is 21.0. The second-order valence-corrected chi connectivity index (χ2v) is 7.05. The van der Waals surface area contributed by atoms with Gasteiger partial charge in [-0.15, -0.1) is 0 Å². The quantitative estimate of drug-likeness (QED) is 0.722. The summed E-state index contributed by atoms with van der Waals surface area (Å²) in [6, 6.07) is 11.5. The number of amides is 2. The van der Waals surface area contributed by atoms with Crippen molar-refractivity contribution < 1.29 is 19.1 Å². The zero-order chi connectivity index (χ0) is 20.8. The smallest absolute Gasteiger partial charge is 0.257 e. The molecule has 2 N–H and O–H groups in total. The molecular weight excluding hydrogens is 414 g/mol. The average Bonchev–Trinajstić information content (AvgIpc) is 2.75. The van der Waals surface area contributed by atoms with Crippen LogP contribution in [0.3, 0.4) is 0 Å². The van der Waals surface area contributed by atoms with Crippen LogP contribution in [0.5, 0.6) is 5.75 Å². The number of morpholine rings is 1. The third-order valence-electron chi connectivity index (χ3n) is 4.34. The molecule has 0 bridgehead atoms. The molecular formula is C20H20ClN3O4S. The van der Waals surface area contributed by atoms with E-state index >= 15 is 0 Å². The van der Waals surface area contributed by atoms with Crippen LogP contribution in [0.15, 0.2) is 42.5 Å². The Morgan fingerprint density at radius 2 is 1.76 bits per heavy atom. The van der Waals surface area contributed by atoms with Crippen LogP contribution in [-0.2, 0) is 4.74 Å². The minimum absolute atomic E-state index is 0.0729. The van der Waals surface area contributed by atoms with Gasteiger partial charge in [-0.1, -0.05) is 11.6 Å². The molecule has 0 saturated carbocycles. The second-order valence-electron chi connectivity index (χ2n) is 6.24. The maximum absolute atomic E-state index is 12.7. The number of carbonyl (C=O) groups excluding carboxylic acids is 2. The summed E-state index contributed by atoms with van der Waals surface area (Å²) in [7, 11) is 1.55. The maximum atomic E-state index is 12.7. The van der Waals surface area contributed by atoms with E-state index in [1.54, 1.807) is 54.5 Å².